The molecule has 3 heterocycles. The number of ether oxygens (including phenoxy) is 1. The fourth-order valence-corrected chi connectivity index (χ4v) is 3.20. The molecule has 0 radical (unpaired) electrons. The summed E-state index contributed by atoms with van der Waals surface area (Å²) >= 11 is 0. The number of nitrogens with one attached hydrogen (secondary N) is 1. The first-order chi connectivity index (χ1) is 15.2. The first-order valence-electron chi connectivity index (χ1n) is 9.91. The zero-order chi connectivity index (χ0) is 21.6. The second-order valence-corrected chi connectivity index (χ2v) is 7.04. The van der Waals surface area contributed by atoms with Crippen LogP contribution in [0, 0.1) is 0 Å². The van der Waals surface area contributed by atoms with E-state index in [9.17, 15) is 4.79 Å². The maximum atomic E-state index is 12.0. The molecule has 0 aliphatic carbocycles. The van der Waals surface area contributed by atoms with Crippen molar-refractivity contribution in [3.63, 3.8) is 0 Å². The molecule has 1 aromatic carbocycles. The second-order valence-electron chi connectivity index (χ2n) is 7.04. The van der Waals surface area contributed by atoms with Crippen LogP contribution in [0.2, 0.25) is 0 Å². The Labute approximate surface area is 179 Å². The van der Waals surface area contributed by atoms with Gasteiger partial charge in [-0.2, -0.15) is 0 Å². The average molecular weight is 417 g/mol. The lowest BCUT2D eigenvalue weighted by atomic mass is 10.1. The van der Waals surface area contributed by atoms with Gasteiger partial charge in [-0.3, -0.25) is 9.78 Å². The number of hydrogen-bond donors (Lipinski definition) is 1. The minimum Gasteiger partial charge on any atom is -0.383 e. The molecule has 0 atom stereocenters. The van der Waals surface area contributed by atoms with Crippen LogP contribution >= 0.6 is 0 Å². The van der Waals surface area contributed by atoms with Gasteiger partial charge in [-0.15, -0.1) is 0 Å². The summed E-state index contributed by atoms with van der Waals surface area (Å²) in [6.07, 6.45) is 5.04. The van der Waals surface area contributed by atoms with Crippen molar-refractivity contribution in [3.05, 3.63) is 77.0 Å². The van der Waals surface area contributed by atoms with Gasteiger partial charge in [0.05, 0.1) is 24.7 Å². The van der Waals surface area contributed by atoms with E-state index < -0.39 is 0 Å². The Morgan fingerprint density at radius 1 is 1.03 bits per heavy atom. The number of hydrogen-bond acceptors (Lipinski definition) is 7. The Morgan fingerprint density at radius 3 is 2.58 bits per heavy atom. The summed E-state index contributed by atoms with van der Waals surface area (Å²) in [6.45, 7) is 1.73. The highest BCUT2D eigenvalue weighted by molar-refractivity contribution is 5.66. The Morgan fingerprint density at radius 2 is 1.81 bits per heavy atom. The minimum absolute atomic E-state index is 0.0921. The standard InChI is InChI=1S/C23H23N5O3/c1-24-12-16-3-5-17(6-4-16)19-11-22(31-27-19)21-14-25-13-20(26-21)18-7-8-23(29)28(15-18)9-10-30-2/h3-8,11,13-15,24H,9-10,12H2,1-2H3. The van der Waals surface area contributed by atoms with E-state index in [1.165, 1.54) is 11.6 Å². The molecule has 0 bridgehead atoms. The van der Waals surface area contributed by atoms with Crippen molar-refractivity contribution in [2.45, 2.75) is 13.1 Å². The van der Waals surface area contributed by atoms with E-state index in [0.717, 1.165) is 23.4 Å². The molecule has 0 saturated heterocycles. The first-order valence-corrected chi connectivity index (χ1v) is 9.91. The van der Waals surface area contributed by atoms with Gasteiger partial charge in [0.1, 0.15) is 11.4 Å². The van der Waals surface area contributed by atoms with Gasteiger partial charge in [0.15, 0.2) is 5.76 Å². The van der Waals surface area contributed by atoms with Crippen molar-refractivity contribution in [1.82, 2.24) is 25.0 Å². The summed E-state index contributed by atoms with van der Waals surface area (Å²) < 4.78 is 12.2. The van der Waals surface area contributed by atoms with Crippen LogP contribution < -0.4 is 10.9 Å². The summed E-state index contributed by atoms with van der Waals surface area (Å²) in [4.78, 5) is 21.0. The fraction of sp³-hybridized carbons (Fsp3) is 0.217. The van der Waals surface area contributed by atoms with Gasteiger partial charge in [0.2, 0.25) is 0 Å². The predicted molar refractivity (Wildman–Crippen MR) is 117 cm³/mol. The molecular formula is C23H23N5O3. The molecule has 0 saturated carbocycles. The van der Waals surface area contributed by atoms with Gasteiger partial charge in [0, 0.05) is 49.7 Å². The largest absolute Gasteiger partial charge is 0.383 e. The summed E-state index contributed by atoms with van der Waals surface area (Å²) in [5, 5.41) is 7.31. The van der Waals surface area contributed by atoms with Crippen LogP contribution in [0.15, 0.2) is 70.4 Å². The minimum atomic E-state index is -0.0921. The zero-order valence-corrected chi connectivity index (χ0v) is 17.4. The number of rotatable bonds is 8. The van der Waals surface area contributed by atoms with Crippen LogP contribution in [0.1, 0.15) is 5.56 Å². The lowest BCUT2D eigenvalue weighted by Crippen LogP contribution is -2.20. The predicted octanol–water partition coefficient (Wildman–Crippen LogP) is 2.99. The van der Waals surface area contributed by atoms with Crippen LogP contribution in [0.25, 0.3) is 34.0 Å². The SMILES string of the molecule is CNCc1ccc(-c2cc(-c3cncc(-c4ccc(=O)n(CCOC)c4)n3)on2)cc1. The van der Waals surface area contributed by atoms with E-state index in [-0.39, 0.29) is 5.56 Å². The van der Waals surface area contributed by atoms with Crippen molar-refractivity contribution >= 4 is 0 Å². The maximum absolute atomic E-state index is 12.0. The smallest absolute Gasteiger partial charge is 0.250 e. The Balaban J connectivity index is 1.60. The lowest BCUT2D eigenvalue weighted by Gasteiger charge is -2.07. The number of methoxy groups -OCH3 is 1. The van der Waals surface area contributed by atoms with E-state index in [2.05, 4.69) is 32.6 Å². The molecule has 31 heavy (non-hydrogen) atoms. The van der Waals surface area contributed by atoms with Gasteiger partial charge in [-0.05, 0) is 18.7 Å². The highest BCUT2D eigenvalue weighted by Gasteiger charge is 2.12. The van der Waals surface area contributed by atoms with Crippen molar-refractivity contribution in [2.75, 3.05) is 20.8 Å². The first kappa shape index (κ1) is 20.6. The fourth-order valence-electron chi connectivity index (χ4n) is 3.20. The quantitative estimate of drug-likeness (QED) is 0.471. The van der Waals surface area contributed by atoms with Crippen LogP contribution in [0.5, 0.6) is 0 Å². The normalized spacial score (nSPS) is 11.0. The monoisotopic (exact) mass is 417 g/mol. The molecule has 0 unspecified atom stereocenters. The van der Waals surface area contributed by atoms with E-state index in [0.29, 0.717) is 30.3 Å². The van der Waals surface area contributed by atoms with E-state index in [4.69, 9.17) is 9.26 Å². The third-order valence-corrected chi connectivity index (χ3v) is 4.84. The molecule has 0 aliphatic heterocycles. The Hall–Kier alpha value is -3.62. The molecule has 158 valence electrons. The van der Waals surface area contributed by atoms with E-state index in [1.807, 2.05) is 25.2 Å². The van der Waals surface area contributed by atoms with Crippen LogP contribution in [0.4, 0.5) is 0 Å². The molecule has 4 aromatic rings. The molecule has 0 fully saturated rings. The zero-order valence-electron chi connectivity index (χ0n) is 17.4. The van der Waals surface area contributed by atoms with Crippen molar-refractivity contribution in [1.29, 1.82) is 0 Å². The van der Waals surface area contributed by atoms with E-state index in [1.54, 1.807) is 36.3 Å². The highest BCUT2D eigenvalue weighted by Crippen LogP contribution is 2.26. The van der Waals surface area contributed by atoms with Crippen molar-refractivity contribution in [3.8, 4) is 34.0 Å². The number of nitrogens with zero attached hydrogens (tertiary/aromatic N) is 4. The Bertz CT molecular complexity index is 1210. The number of benzene rings is 1. The molecule has 3 aromatic heterocycles. The maximum Gasteiger partial charge on any atom is 0.250 e. The third kappa shape index (κ3) is 4.76. The van der Waals surface area contributed by atoms with Crippen LogP contribution in [0.3, 0.4) is 0 Å². The van der Waals surface area contributed by atoms with Crippen LogP contribution in [-0.2, 0) is 17.8 Å². The Kier molecular flexibility index (Phi) is 6.30. The average Bonchev–Trinajstić information content (AvgIpc) is 3.30. The lowest BCUT2D eigenvalue weighted by molar-refractivity contribution is 0.186. The third-order valence-electron chi connectivity index (χ3n) is 4.84. The molecule has 8 heteroatoms. The van der Waals surface area contributed by atoms with Gasteiger partial charge in [-0.1, -0.05) is 29.4 Å². The molecule has 0 amide bonds. The topological polar surface area (TPSA) is 95.1 Å². The van der Waals surface area contributed by atoms with Gasteiger partial charge >= 0.3 is 0 Å². The molecule has 0 aliphatic rings. The summed E-state index contributed by atoms with van der Waals surface area (Å²) in [6, 6.07) is 13.2. The van der Waals surface area contributed by atoms with Gasteiger partial charge in [-0.25, -0.2) is 4.98 Å². The van der Waals surface area contributed by atoms with Crippen LogP contribution in [-0.4, -0.2) is 40.5 Å². The summed E-state index contributed by atoms with van der Waals surface area (Å²) in [5.74, 6) is 0.524. The van der Waals surface area contributed by atoms with Gasteiger partial charge < -0.3 is 19.1 Å². The van der Waals surface area contributed by atoms with Gasteiger partial charge in [0.25, 0.3) is 5.56 Å². The second kappa shape index (κ2) is 9.46. The molecule has 8 nitrogen and oxygen atoms in total. The number of pyridine rings is 1. The highest BCUT2D eigenvalue weighted by atomic mass is 16.5. The molecular weight excluding hydrogens is 394 g/mol. The van der Waals surface area contributed by atoms with Crippen molar-refractivity contribution < 1.29 is 9.26 Å². The molecule has 1 N–H and O–H groups in total. The van der Waals surface area contributed by atoms with E-state index >= 15 is 0 Å². The van der Waals surface area contributed by atoms with Crippen molar-refractivity contribution in [2.24, 2.45) is 0 Å². The number of aromatic nitrogens is 4. The molecule has 4 rings (SSSR count). The molecule has 0 spiro atoms. The summed E-state index contributed by atoms with van der Waals surface area (Å²) in [5.41, 5.74) is 4.78. The summed E-state index contributed by atoms with van der Waals surface area (Å²) in [7, 11) is 3.52.